The Hall–Kier alpha value is -2.10. The number of nitriles is 1. The van der Waals surface area contributed by atoms with E-state index in [1.54, 1.807) is 18.2 Å². The van der Waals surface area contributed by atoms with Gasteiger partial charge in [-0.1, -0.05) is 11.6 Å². The van der Waals surface area contributed by atoms with E-state index in [2.05, 4.69) is 15.9 Å². The van der Waals surface area contributed by atoms with E-state index < -0.39 is 4.92 Å². The first-order chi connectivity index (χ1) is 9.51. The number of nitro groups is 1. The van der Waals surface area contributed by atoms with Crippen LogP contribution in [0, 0.1) is 21.4 Å². The van der Waals surface area contributed by atoms with Crippen LogP contribution in [-0.2, 0) is 0 Å². The summed E-state index contributed by atoms with van der Waals surface area (Å²) < 4.78 is 6.02. The molecule has 5 nitrogen and oxygen atoms in total. The number of halogens is 2. The molecule has 20 heavy (non-hydrogen) atoms. The zero-order chi connectivity index (χ0) is 14.7. The van der Waals surface area contributed by atoms with Crippen LogP contribution in [0.3, 0.4) is 0 Å². The second-order valence-corrected chi connectivity index (χ2v) is 5.02. The Kier molecular flexibility index (Phi) is 4.23. The molecule has 0 aliphatic heterocycles. The van der Waals surface area contributed by atoms with E-state index in [0.717, 1.165) is 0 Å². The van der Waals surface area contributed by atoms with Gasteiger partial charge in [0.2, 0.25) is 5.75 Å². The Balaban J connectivity index is 2.42. The van der Waals surface area contributed by atoms with Crippen molar-refractivity contribution in [2.45, 2.75) is 0 Å². The monoisotopic (exact) mass is 352 g/mol. The van der Waals surface area contributed by atoms with Crippen LogP contribution in [0.2, 0.25) is 5.02 Å². The van der Waals surface area contributed by atoms with Crippen LogP contribution in [0.4, 0.5) is 5.69 Å². The highest BCUT2D eigenvalue weighted by Gasteiger charge is 2.17. The van der Waals surface area contributed by atoms with Crippen molar-refractivity contribution in [2.24, 2.45) is 0 Å². The van der Waals surface area contributed by atoms with Crippen molar-refractivity contribution >= 4 is 33.2 Å². The molecular formula is C13H6BrClN2O3. The molecule has 0 N–H and O–H groups in total. The van der Waals surface area contributed by atoms with Crippen molar-refractivity contribution < 1.29 is 9.66 Å². The third kappa shape index (κ3) is 3.07. The lowest BCUT2D eigenvalue weighted by molar-refractivity contribution is -0.385. The van der Waals surface area contributed by atoms with Gasteiger partial charge in [-0.2, -0.15) is 5.26 Å². The Morgan fingerprint density at radius 2 is 2.00 bits per heavy atom. The molecule has 0 heterocycles. The molecule has 2 rings (SSSR count). The maximum atomic E-state index is 10.9. The van der Waals surface area contributed by atoms with Crippen molar-refractivity contribution in [3.8, 4) is 17.6 Å². The SMILES string of the molecule is N#Cc1ccc(Oc2cc(Cl)ccc2[N+](=O)[O-])c(Br)c1. The van der Waals surface area contributed by atoms with E-state index in [0.29, 0.717) is 20.8 Å². The summed E-state index contributed by atoms with van der Waals surface area (Å²) in [6.07, 6.45) is 0. The Bertz CT molecular complexity index is 728. The molecule has 0 aromatic heterocycles. The zero-order valence-corrected chi connectivity index (χ0v) is 12.2. The Morgan fingerprint density at radius 3 is 2.60 bits per heavy atom. The van der Waals surface area contributed by atoms with E-state index in [1.807, 2.05) is 6.07 Å². The van der Waals surface area contributed by atoms with Gasteiger partial charge in [-0.25, -0.2) is 0 Å². The molecule has 0 aliphatic carbocycles. The first kappa shape index (κ1) is 14.3. The average Bonchev–Trinajstić information content (AvgIpc) is 2.40. The van der Waals surface area contributed by atoms with E-state index >= 15 is 0 Å². The van der Waals surface area contributed by atoms with Crippen LogP contribution in [0.1, 0.15) is 5.56 Å². The molecule has 0 bridgehead atoms. The lowest BCUT2D eigenvalue weighted by atomic mass is 10.2. The summed E-state index contributed by atoms with van der Waals surface area (Å²) in [5, 5.41) is 20.0. The smallest absolute Gasteiger partial charge is 0.311 e. The summed E-state index contributed by atoms with van der Waals surface area (Å²) in [5.41, 5.74) is 0.260. The highest BCUT2D eigenvalue weighted by molar-refractivity contribution is 9.10. The maximum Gasteiger partial charge on any atom is 0.311 e. The van der Waals surface area contributed by atoms with Gasteiger partial charge in [-0.3, -0.25) is 10.1 Å². The summed E-state index contributed by atoms with van der Waals surface area (Å²) in [6, 6.07) is 10.7. The molecule has 0 atom stereocenters. The first-order valence-corrected chi connectivity index (χ1v) is 6.50. The molecule has 100 valence electrons. The highest BCUT2D eigenvalue weighted by Crippen LogP contribution is 2.36. The second-order valence-electron chi connectivity index (χ2n) is 3.73. The quantitative estimate of drug-likeness (QED) is 0.593. The number of hydrogen-bond acceptors (Lipinski definition) is 4. The minimum absolute atomic E-state index is 0.0351. The predicted molar refractivity (Wildman–Crippen MR) is 77.0 cm³/mol. The first-order valence-electron chi connectivity index (χ1n) is 5.32. The third-order valence-corrected chi connectivity index (χ3v) is 3.25. The van der Waals surface area contributed by atoms with Gasteiger partial charge < -0.3 is 4.74 Å². The summed E-state index contributed by atoms with van der Waals surface area (Å²) in [7, 11) is 0. The van der Waals surface area contributed by atoms with Crippen LogP contribution in [0.25, 0.3) is 0 Å². The molecule has 2 aromatic carbocycles. The van der Waals surface area contributed by atoms with E-state index in [4.69, 9.17) is 21.6 Å². The summed E-state index contributed by atoms with van der Waals surface area (Å²) in [6.45, 7) is 0. The standard InChI is InChI=1S/C13H6BrClN2O3/c14-10-5-8(7-16)1-4-12(10)20-13-6-9(15)2-3-11(13)17(18)19/h1-6H. The number of benzene rings is 2. The van der Waals surface area contributed by atoms with Crippen molar-refractivity contribution in [2.75, 3.05) is 0 Å². The third-order valence-electron chi connectivity index (χ3n) is 2.40. The van der Waals surface area contributed by atoms with Crippen molar-refractivity contribution in [1.29, 1.82) is 5.26 Å². The zero-order valence-electron chi connectivity index (χ0n) is 9.84. The van der Waals surface area contributed by atoms with Crippen LogP contribution in [0.15, 0.2) is 40.9 Å². The summed E-state index contributed by atoms with van der Waals surface area (Å²) >= 11 is 9.06. The van der Waals surface area contributed by atoms with Gasteiger partial charge in [0.15, 0.2) is 0 Å². The molecular weight excluding hydrogens is 348 g/mol. The summed E-state index contributed by atoms with van der Waals surface area (Å²) in [5.74, 6) is 0.391. The number of nitro benzene ring substituents is 1. The largest absolute Gasteiger partial charge is 0.449 e. The van der Waals surface area contributed by atoms with Crippen molar-refractivity contribution in [1.82, 2.24) is 0 Å². The number of nitrogens with zero attached hydrogens (tertiary/aromatic N) is 2. The molecule has 0 radical (unpaired) electrons. The van der Waals surface area contributed by atoms with Gasteiger partial charge in [0, 0.05) is 17.2 Å². The predicted octanol–water partition coefficient (Wildman–Crippen LogP) is 4.67. The van der Waals surface area contributed by atoms with Crippen LogP contribution in [-0.4, -0.2) is 4.92 Å². The van der Waals surface area contributed by atoms with Gasteiger partial charge in [-0.15, -0.1) is 0 Å². The molecule has 7 heteroatoms. The van der Waals surface area contributed by atoms with E-state index in [-0.39, 0.29) is 11.4 Å². The molecule has 0 saturated carbocycles. The minimum atomic E-state index is -0.552. The molecule has 0 saturated heterocycles. The Labute approximate surface area is 127 Å². The van der Waals surface area contributed by atoms with Crippen LogP contribution in [0.5, 0.6) is 11.5 Å². The fourth-order valence-electron chi connectivity index (χ4n) is 1.49. The highest BCUT2D eigenvalue weighted by atomic mass is 79.9. The molecule has 2 aromatic rings. The molecule has 0 aliphatic rings. The van der Waals surface area contributed by atoms with Gasteiger partial charge in [-0.05, 0) is 40.2 Å². The molecule has 0 fully saturated rings. The second kappa shape index (κ2) is 5.90. The molecule has 0 amide bonds. The maximum absolute atomic E-state index is 10.9. The number of ether oxygens (including phenoxy) is 1. The molecule has 0 spiro atoms. The number of hydrogen-bond donors (Lipinski definition) is 0. The average molecular weight is 354 g/mol. The van der Waals surface area contributed by atoms with Crippen LogP contribution < -0.4 is 4.74 Å². The number of rotatable bonds is 3. The van der Waals surface area contributed by atoms with E-state index in [1.165, 1.54) is 18.2 Å². The fraction of sp³-hybridized carbons (Fsp3) is 0. The van der Waals surface area contributed by atoms with Crippen molar-refractivity contribution in [3.05, 3.63) is 61.6 Å². The Morgan fingerprint density at radius 1 is 1.25 bits per heavy atom. The summed E-state index contributed by atoms with van der Waals surface area (Å²) in [4.78, 5) is 10.4. The lowest BCUT2D eigenvalue weighted by Gasteiger charge is -2.08. The van der Waals surface area contributed by atoms with Crippen molar-refractivity contribution in [3.63, 3.8) is 0 Å². The van der Waals surface area contributed by atoms with Gasteiger partial charge >= 0.3 is 5.69 Å². The normalized spacial score (nSPS) is 9.85. The van der Waals surface area contributed by atoms with Crippen LogP contribution >= 0.6 is 27.5 Å². The lowest BCUT2D eigenvalue weighted by Crippen LogP contribution is -1.94. The van der Waals surface area contributed by atoms with E-state index in [9.17, 15) is 10.1 Å². The topological polar surface area (TPSA) is 76.2 Å². The van der Waals surface area contributed by atoms with Gasteiger partial charge in [0.05, 0.1) is 21.0 Å². The van der Waals surface area contributed by atoms with Gasteiger partial charge in [0.25, 0.3) is 0 Å². The minimum Gasteiger partial charge on any atom is -0.449 e. The van der Waals surface area contributed by atoms with Gasteiger partial charge in [0.1, 0.15) is 5.75 Å². The fourth-order valence-corrected chi connectivity index (χ4v) is 2.11. The molecule has 0 unspecified atom stereocenters.